The first kappa shape index (κ1) is 11.5. The molecule has 1 atom stereocenters. The molecule has 0 radical (unpaired) electrons. The molecule has 96 valence electrons. The van der Waals surface area contributed by atoms with Gasteiger partial charge >= 0.3 is 0 Å². The highest BCUT2D eigenvalue weighted by Gasteiger charge is 2.16. The Morgan fingerprint density at radius 1 is 1.50 bits per heavy atom. The number of aromatic nitrogens is 2. The molecule has 1 aliphatic rings. The number of rotatable bonds is 3. The Morgan fingerprint density at radius 3 is 3.17 bits per heavy atom. The summed E-state index contributed by atoms with van der Waals surface area (Å²) in [5.74, 6) is 0.773. The van der Waals surface area contributed by atoms with Gasteiger partial charge in [-0.2, -0.15) is 0 Å². The molecule has 0 saturated carbocycles. The minimum atomic E-state index is 0.773. The van der Waals surface area contributed by atoms with E-state index in [0.29, 0.717) is 0 Å². The molecular formula is C14H20N4. The van der Waals surface area contributed by atoms with Crippen molar-refractivity contribution in [1.29, 1.82) is 0 Å². The van der Waals surface area contributed by atoms with Crippen LogP contribution >= 0.6 is 0 Å². The molecule has 2 aromatic rings. The zero-order valence-electron chi connectivity index (χ0n) is 11.1. The lowest BCUT2D eigenvalue weighted by atomic mass is 10.1. The molecule has 1 aliphatic heterocycles. The molecule has 1 aromatic carbocycles. The van der Waals surface area contributed by atoms with Crippen molar-refractivity contribution < 1.29 is 0 Å². The van der Waals surface area contributed by atoms with E-state index in [2.05, 4.69) is 45.0 Å². The highest BCUT2D eigenvalue weighted by atomic mass is 15.1. The van der Waals surface area contributed by atoms with Crippen molar-refractivity contribution in [2.24, 2.45) is 13.0 Å². The lowest BCUT2D eigenvalue weighted by molar-refractivity contribution is 0.578. The Labute approximate surface area is 108 Å². The van der Waals surface area contributed by atoms with Gasteiger partial charge in [-0.1, -0.05) is 0 Å². The predicted octanol–water partition coefficient (Wildman–Crippen LogP) is 1.62. The second-order valence-electron chi connectivity index (χ2n) is 5.27. The van der Waals surface area contributed by atoms with Crippen LogP contribution in [0.1, 0.15) is 6.42 Å². The first-order valence-corrected chi connectivity index (χ1v) is 6.57. The fraction of sp³-hybridized carbons (Fsp3) is 0.500. The Bertz CT molecular complexity index is 540. The van der Waals surface area contributed by atoms with Gasteiger partial charge in [-0.25, -0.2) is 4.98 Å². The first-order valence-electron chi connectivity index (χ1n) is 6.57. The van der Waals surface area contributed by atoms with E-state index >= 15 is 0 Å². The van der Waals surface area contributed by atoms with Gasteiger partial charge in [0, 0.05) is 26.3 Å². The number of imidazole rings is 1. The lowest BCUT2D eigenvalue weighted by Crippen LogP contribution is -2.26. The van der Waals surface area contributed by atoms with Crippen molar-refractivity contribution in [3.63, 3.8) is 0 Å². The number of benzene rings is 1. The summed E-state index contributed by atoms with van der Waals surface area (Å²) in [5, 5.41) is 3.42. The van der Waals surface area contributed by atoms with Crippen molar-refractivity contribution >= 4 is 16.7 Å². The number of nitrogens with one attached hydrogen (secondary N) is 1. The second-order valence-corrected chi connectivity index (χ2v) is 5.27. The number of aryl methyl sites for hydroxylation is 1. The molecule has 0 spiro atoms. The zero-order chi connectivity index (χ0) is 12.5. The van der Waals surface area contributed by atoms with E-state index < -0.39 is 0 Å². The molecule has 4 nitrogen and oxygen atoms in total. The summed E-state index contributed by atoms with van der Waals surface area (Å²) >= 11 is 0. The first-order chi connectivity index (χ1) is 8.74. The average Bonchev–Trinajstić information content (AvgIpc) is 2.99. The number of nitrogens with zero attached hydrogens (tertiary/aromatic N) is 3. The molecular weight excluding hydrogens is 224 g/mol. The Kier molecular flexibility index (Phi) is 2.96. The number of hydrogen-bond acceptors (Lipinski definition) is 3. The summed E-state index contributed by atoms with van der Waals surface area (Å²) in [6, 6.07) is 6.52. The molecule has 0 aliphatic carbocycles. The fourth-order valence-corrected chi connectivity index (χ4v) is 2.72. The molecule has 1 saturated heterocycles. The van der Waals surface area contributed by atoms with Crippen LogP contribution in [0.15, 0.2) is 24.5 Å². The van der Waals surface area contributed by atoms with Crippen LogP contribution in [-0.2, 0) is 7.05 Å². The molecule has 3 rings (SSSR count). The second kappa shape index (κ2) is 4.61. The maximum atomic E-state index is 4.42. The summed E-state index contributed by atoms with van der Waals surface area (Å²) in [6.45, 7) is 3.43. The average molecular weight is 244 g/mol. The third-order valence-corrected chi connectivity index (χ3v) is 3.84. The van der Waals surface area contributed by atoms with E-state index in [9.17, 15) is 0 Å². The summed E-state index contributed by atoms with van der Waals surface area (Å²) in [4.78, 5) is 6.76. The SMILES string of the molecule is CN(CC1CCNC1)c1ccc2c(c1)ncn2C. The van der Waals surface area contributed by atoms with Crippen molar-refractivity contribution in [2.75, 3.05) is 31.6 Å². The zero-order valence-corrected chi connectivity index (χ0v) is 11.1. The molecule has 1 N–H and O–H groups in total. The highest BCUT2D eigenvalue weighted by molar-refractivity contribution is 5.79. The topological polar surface area (TPSA) is 33.1 Å². The molecule has 18 heavy (non-hydrogen) atoms. The van der Waals surface area contributed by atoms with Gasteiger partial charge in [0.05, 0.1) is 17.4 Å². The van der Waals surface area contributed by atoms with Gasteiger partial charge in [0.25, 0.3) is 0 Å². The highest BCUT2D eigenvalue weighted by Crippen LogP contribution is 2.21. The van der Waals surface area contributed by atoms with Crippen molar-refractivity contribution in [2.45, 2.75) is 6.42 Å². The molecule has 1 aromatic heterocycles. The van der Waals surface area contributed by atoms with Gasteiger partial charge in [-0.05, 0) is 43.6 Å². The summed E-state index contributed by atoms with van der Waals surface area (Å²) < 4.78 is 2.06. The number of fused-ring (bicyclic) bond motifs is 1. The van der Waals surface area contributed by atoms with Crippen LogP contribution in [0.4, 0.5) is 5.69 Å². The van der Waals surface area contributed by atoms with E-state index in [1.807, 2.05) is 13.4 Å². The van der Waals surface area contributed by atoms with E-state index in [-0.39, 0.29) is 0 Å². The van der Waals surface area contributed by atoms with Gasteiger partial charge in [-0.15, -0.1) is 0 Å². The molecule has 0 amide bonds. The van der Waals surface area contributed by atoms with Gasteiger partial charge in [0.15, 0.2) is 0 Å². The van der Waals surface area contributed by atoms with E-state index in [1.54, 1.807) is 0 Å². The van der Waals surface area contributed by atoms with Gasteiger partial charge in [-0.3, -0.25) is 0 Å². The van der Waals surface area contributed by atoms with Crippen LogP contribution in [0.25, 0.3) is 11.0 Å². The standard InChI is InChI=1S/C14H20N4/c1-17(9-11-5-6-15-8-11)12-3-4-14-13(7-12)16-10-18(14)2/h3-4,7,10-11,15H,5-6,8-9H2,1-2H3. The maximum absolute atomic E-state index is 4.42. The van der Waals surface area contributed by atoms with Crippen molar-refractivity contribution in [3.8, 4) is 0 Å². The number of hydrogen-bond donors (Lipinski definition) is 1. The Morgan fingerprint density at radius 2 is 2.39 bits per heavy atom. The third kappa shape index (κ3) is 2.08. The Hall–Kier alpha value is -1.55. The van der Waals surface area contributed by atoms with Gasteiger partial charge in [0.1, 0.15) is 0 Å². The monoisotopic (exact) mass is 244 g/mol. The van der Waals surface area contributed by atoms with Crippen LogP contribution in [0, 0.1) is 5.92 Å². The smallest absolute Gasteiger partial charge is 0.0955 e. The maximum Gasteiger partial charge on any atom is 0.0955 e. The van der Waals surface area contributed by atoms with Crippen LogP contribution < -0.4 is 10.2 Å². The normalized spacial score (nSPS) is 19.6. The molecule has 4 heteroatoms. The van der Waals surface area contributed by atoms with Crippen LogP contribution in [0.3, 0.4) is 0 Å². The van der Waals surface area contributed by atoms with Gasteiger partial charge in [0.2, 0.25) is 0 Å². The molecule has 1 fully saturated rings. The Balaban J connectivity index is 1.80. The van der Waals surface area contributed by atoms with Crippen LogP contribution in [-0.4, -0.2) is 36.2 Å². The van der Waals surface area contributed by atoms with E-state index in [0.717, 1.165) is 31.1 Å². The minimum Gasteiger partial charge on any atom is -0.374 e. The molecule has 0 bridgehead atoms. The van der Waals surface area contributed by atoms with Gasteiger partial charge < -0.3 is 14.8 Å². The lowest BCUT2D eigenvalue weighted by Gasteiger charge is -2.22. The third-order valence-electron chi connectivity index (χ3n) is 3.84. The summed E-state index contributed by atoms with van der Waals surface area (Å²) in [6.07, 6.45) is 3.16. The molecule has 1 unspecified atom stereocenters. The summed E-state index contributed by atoms with van der Waals surface area (Å²) in [7, 11) is 4.20. The quantitative estimate of drug-likeness (QED) is 0.890. The summed E-state index contributed by atoms with van der Waals surface area (Å²) in [5.41, 5.74) is 3.52. The number of anilines is 1. The fourth-order valence-electron chi connectivity index (χ4n) is 2.72. The van der Waals surface area contributed by atoms with Crippen LogP contribution in [0.5, 0.6) is 0 Å². The largest absolute Gasteiger partial charge is 0.374 e. The van der Waals surface area contributed by atoms with E-state index in [1.165, 1.54) is 17.6 Å². The minimum absolute atomic E-state index is 0.773. The van der Waals surface area contributed by atoms with Crippen molar-refractivity contribution in [1.82, 2.24) is 14.9 Å². The van der Waals surface area contributed by atoms with Crippen LogP contribution in [0.2, 0.25) is 0 Å². The van der Waals surface area contributed by atoms with Crippen molar-refractivity contribution in [3.05, 3.63) is 24.5 Å². The predicted molar refractivity (Wildman–Crippen MR) is 75.0 cm³/mol. The molecule has 2 heterocycles. The van der Waals surface area contributed by atoms with E-state index in [4.69, 9.17) is 0 Å².